The zero-order valence-electron chi connectivity index (χ0n) is 12.4. The van der Waals surface area contributed by atoms with Crippen molar-refractivity contribution in [2.75, 3.05) is 6.54 Å². The van der Waals surface area contributed by atoms with E-state index in [9.17, 15) is 9.59 Å². The molecule has 2 aliphatic heterocycles. The van der Waals surface area contributed by atoms with Gasteiger partial charge in [0.2, 0.25) is 5.91 Å². The van der Waals surface area contributed by atoms with E-state index in [1.54, 1.807) is 17.0 Å². The molecular weight excluding hydrogens is 304 g/mol. The summed E-state index contributed by atoms with van der Waals surface area (Å²) in [5.41, 5.74) is 6.34. The molecular formula is C16H19ClN2O3. The maximum absolute atomic E-state index is 12.7. The lowest BCUT2D eigenvalue weighted by Gasteiger charge is -2.38. The van der Waals surface area contributed by atoms with Gasteiger partial charge < -0.3 is 15.4 Å². The van der Waals surface area contributed by atoms with E-state index in [1.165, 1.54) is 0 Å². The number of nitrogens with zero attached hydrogens (tertiary/aromatic N) is 1. The zero-order chi connectivity index (χ0) is 15.9. The quantitative estimate of drug-likeness (QED) is 0.901. The first-order chi connectivity index (χ1) is 10.5. The van der Waals surface area contributed by atoms with Gasteiger partial charge in [0.1, 0.15) is 5.75 Å². The largest absolute Gasteiger partial charge is 0.480 e. The topological polar surface area (TPSA) is 72.6 Å². The Morgan fingerprint density at radius 3 is 2.86 bits per heavy atom. The summed E-state index contributed by atoms with van der Waals surface area (Å²) in [6.07, 6.45) is 1.49. The minimum atomic E-state index is -0.539. The van der Waals surface area contributed by atoms with Gasteiger partial charge in [-0.25, -0.2) is 0 Å². The molecule has 2 N–H and O–H groups in total. The molecule has 2 aliphatic rings. The number of likely N-dealkylation sites (tertiary alicyclic amines) is 1. The fourth-order valence-electron chi connectivity index (χ4n) is 3.19. The second-order valence-corrected chi connectivity index (χ2v) is 6.52. The standard InChI is InChI=1S/C16H19ClN2O3/c1-9-2-3-10(15(18)20)8-19(9)16(21)14-7-11-6-12(17)4-5-13(11)22-14/h4-6,9-10,14H,2-3,7-8H2,1H3,(H2,18,20)/t9-,10-,14+/m1/s1. The summed E-state index contributed by atoms with van der Waals surface area (Å²) >= 11 is 5.97. The summed E-state index contributed by atoms with van der Waals surface area (Å²) in [7, 11) is 0. The van der Waals surface area contributed by atoms with Crippen molar-refractivity contribution in [3.63, 3.8) is 0 Å². The van der Waals surface area contributed by atoms with Gasteiger partial charge in [-0.1, -0.05) is 11.6 Å². The highest BCUT2D eigenvalue weighted by molar-refractivity contribution is 6.30. The van der Waals surface area contributed by atoms with E-state index in [1.807, 2.05) is 13.0 Å². The Kier molecular flexibility index (Phi) is 4.00. The zero-order valence-corrected chi connectivity index (χ0v) is 13.2. The van der Waals surface area contributed by atoms with Gasteiger partial charge in [-0.3, -0.25) is 9.59 Å². The number of ether oxygens (including phenoxy) is 1. The molecule has 3 rings (SSSR count). The molecule has 0 spiro atoms. The van der Waals surface area contributed by atoms with Gasteiger partial charge in [0.15, 0.2) is 6.10 Å². The molecule has 118 valence electrons. The van der Waals surface area contributed by atoms with E-state index >= 15 is 0 Å². The average Bonchev–Trinajstić information content (AvgIpc) is 2.89. The Bertz CT molecular complexity index is 619. The number of amides is 2. The molecule has 1 saturated heterocycles. The summed E-state index contributed by atoms with van der Waals surface area (Å²) in [6, 6.07) is 5.46. The van der Waals surface area contributed by atoms with Crippen molar-refractivity contribution in [3.05, 3.63) is 28.8 Å². The van der Waals surface area contributed by atoms with Gasteiger partial charge >= 0.3 is 0 Å². The van der Waals surface area contributed by atoms with Crippen molar-refractivity contribution < 1.29 is 14.3 Å². The maximum atomic E-state index is 12.7. The second kappa shape index (κ2) is 5.80. The first kappa shape index (κ1) is 15.2. The number of rotatable bonds is 2. The van der Waals surface area contributed by atoms with Crippen LogP contribution < -0.4 is 10.5 Å². The predicted molar refractivity (Wildman–Crippen MR) is 82.7 cm³/mol. The highest BCUT2D eigenvalue weighted by Gasteiger charge is 2.38. The first-order valence-corrected chi connectivity index (χ1v) is 7.88. The third kappa shape index (κ3) is 2.77. The van der Waals surface area contributed by atoms with E-state index in [-0.39, 0.29) is 23.8 Å². The predicted octanol–water partition coefficient (Wildman–Crippen LogP) is 1.76. The van der Waals surface area contributed by atoms with Gasteiger partial charge in [0.05, 0.1) is 5.92 Å². The smallest absolute Gasteiger partial charge is 0.264 e. The van der Waals surface area contributed by atoms with E-state index < -0.39 is 6.10 Å². The van der Waals surface area contributed by atoms with Crippen LogP contribution in [0.15, 0.2) is 18.2 Å². The molecule has 0 aliphatic carbocycles. The molecule has 0 saturated carbocycles. The molecule has 6 heteroatoms. The van der Waals surface area contributed by atoms with Crippen LogP contribution in [0.2, 0.25) is 5.02 Å². The molecule has 0 aromatic heterocycles. The Labute approximate surface area is 134 Å². The molecule has 22 heavy (non-hydrogen) atoms. The molecule has 5 nitrogen and oxygen atoms in total. The second-order valence-electron chi connectivity index (χ2n) is 6.08. The van der Waals surface area contributed by atoms with Crippen LogP contribution in [0.1, 0.15) is 25.3 Å². The first-order valence-electron chi connectivity index (χ1n) is 7.50. The van der Waals surface area contributed by atoms with Crippen LogP contribution >= 0.6 is 11.6 Å². The Hall–Kier alpha value is -1.75. The fraction of sp³-hybridized carbons (Fsp3) is 0.500. The van der Waals surface area contributed by atoms with E-state index in [4.69, 9.17) is 22.1 Å². The fourth-order valence-corrected chi connectivity index (χ4v) is 3.38. The van der Waals surface area contributed by atoms with Crippen molar-refractivity contribution in [2.24, 2.45) is 11.7 Å². The Morgan fingerprint density at radius 2 is 2.14 bits per heavy atom. The Balaban J connectivity index is 1.73. The number of nitrogens with two attached hydrogens (primary N) is 1. The number of carbonyl (C=O) groups is 2. The van der Waals surface area contributed by atoms with Crippen LogP contribution in [0.4, 0.5) is 0 Å². The number of carbonyl (C=O) groups excluding carboxylic acids is 2. The number of fused-ring (bicyclic) bond motifs is 1. The van der Waals surface area contributed by atoms with Crippen LogP contribution in [0.5, 0.6) is 5.75 Å². The number of halogens is 1. The molecule has 2 heterocycles. The van der Waals surface area contributed by atoms with Crippen molar-refractivity contribution in [1.82, 2.24) is 4.90 Å². The van der Waals surface area contributed by atoms with E-state index in [0.29, 0.717) is 23.7 Å². The van der Waals surface area contributed by atoms with Crippen molar-refractivity contribution >= 4 is 23.4 Å². The number of piperidine rings is 1. The molecule has 0 unspecified atom stereocenters. The number of hydrogen-bond acceptors (Lipinski definition) is 3. The molecule has 1 fully saturated rings. The normalized spacial score (nSPS) is 27.2. The monoisotopic (exact) mass is 322 g/mol. The third-order valence-electron chi connectivity index (χ3n) is 4.54. The summed E-state index contributed by atoms with van der Waals surface area (Å²) < 4.78 is 5.75. The third-order valence-corrected chi connectivity index (χ3v) is 4.78. The number of hydrogen-bond donors (Lipinski definition) is 1. The molecule has 1 aromatic carbocycles. The molecule has 2 amide bonds. The van der Waals surface area contributed by atoms with Gasteiger partial charge in [0, 0.05) is 24.0 Å². The van der Waals surface area contributed by atoms with Gasteiger partial charge in [0.25, 0.3) is 5.91 Å². The molecule has 0 radical (unpaired) electrons. The molecule has 1 aromatic rings. The number of benzene rings is 1. The minimum absolute atomic E-state index is 0.0780. The number of primary amides is 1. The van der Waals surface area contributed by atoms with Crippen LogP contribution in [0, 0.1) is 5.92 Å². The highest BCUT2D eigenvalue weighted by Crippen LogP contribution is 2.33. The van der Waals surface area contributed by atoms with Crippen molar-refractivity contribution in [2.45, 2.75) is 38.3 Å². The highest BCUT2D eigenvalue weighted by atomic mass is 35.5. The van der Waals surface area contributed by atoms with Gasteiger partial charge in [-0.05, 0) is 43.5 Å². The summed E-state index contributed by atoms with van der Waals surface area (Å²) in [5, 5.41) is 0.635. The van der Waals surface area contributed by atoms with E-state index in [0.717, 1.165) is 18.4 Å². The van der Waals surface area contributed by atoms with Crippen LogP contribution in [-0.4, -0.2) is 35.4 Å². The van der Waals surface area contributed by atoms with Crippen LogP contribution in [0.25, 0.3) is 0 Å². The van der Waals surface area contributed by atoms with E-state index in [2.05, 4.69) is 0 Å². The summed E-state index contributed by atoms with van der Waals surface area (Å²) in [5.74, 6) is 0.0233. The van der Waals surface area contributed by atoms with Crippen molar-refractivity contribution in [3.8, 4) is 5.75 Å². The lowest BCUT2D eigenvalue weighted by Crippen LogP contribution is -2.52. The summed E-state index contributed by atoms with van der Waals surface area (Å²) in [4.78, 5) is 25.9. The van der Waals surface area contributed by atoms with Crippen LogP contribution in [-0.2, 0) is 16.0 Å². The SMILES string of the molecule is C[C@@H]1CC[C@@H](C(N)=O)CN1C(=O)[C@@H]1Cc2cc(Cl)ccc2O1. The average molecular weight is 323 g/mol. The lowest BCUT2D eigenvalue weighted by atomic mass is 9.92. The molecule has 0 bridgehead atoms. The van der Waals surface area contributed by atoms with Crippen molar-refractivity contribution in [1.29, 1.82) is 0 Å². The maximum Gasteiger partial charge on any atom is 0.264 e. The van der Waals surface area contributed by atoms with Crippen LogP contribution in [0.3, 0.4) is 0 Å². The lowest BCUT2D eigenvalue weighted by molar-refractivity contribution is -0.143. The van der Waals surface area contributed by atoms with Gasteiger partial charge in [-0.2, -0.15) is 0 Å². The Morgan fingerprint density at radius 1 is 1.36 bits per heavy atom. The molecule has 3 atom stereocenters. The van der Waals surface area contributed by atoms with Gasteiger partial charge in [-0.15, -0.1) is 0 Å². The minimum Gasteiger partial charge on any atom is -0.480 e. The summed E-state index contributed by atoms with van der Waals surface area (Å²) in [6.45, 7) is 2.38.